The topological polar surface area (TPSA) is 106 Å². The van der Waals surface area contributed by atoms with Gasteiger partial charge in [0, 0.05) is 0 Å². The zero-order valence-electron chi connectivity index (χ0n) is 15.0. The summed E-state index contributed by atoms with van der Waals surface area (Å²) in [6.45, 7) is 7.85. The molecule has 7 nitrogen and oxygen atoms in total. The van der Waals surface area contributed by atoms with Gasteiger partial charge < -0.3 is 42.0 Å². The Kier molecular flexibility index (Phi) is 15.0. The third-order valence-corrected chi connectivity index (χ3v) is 2.93. The van der Waals surface area contributed by atoms with E-state index in [2.05, 4.69) is 34.1 Å². The second-order valence-electron chi connectivity index (χ2n) is 4.56. The Hall–Kier alpha value is -0.195. The second kappa shape index (κ2) is 13.9. The molecule has 142 valence electrons. The molecule has 0 aliphatic heterocycles. The molecule has 0 saturated carbocycles. The molecule has 2 aromatic rings. The Morgan fingerprint density at radius 1 is 1.46 bits per heavy atom. The zero-order chi connectivity index (χ0) is 18.3. The molecule has 2 aromatic heterocycles. The zero-order valence-corrected chi connectivity index (χ0v) is 20.7. The summed E-state index contributed by atoms with van der Waals surface area (Å²) in [5, 5.41) is 2.25. The Morgan fingerprint density at radius 3 is 2.58 bits per heavy atom. The number of ether oxygens (including phenoxy) is 1. The maximum absolute atomic E-state index is 13.6. The smallest absolute Gasteiger partial charge is 0.467 e. The van der Waals surface area contributed by atoms with E-state index in [1.807, 2.05) is 0 Å². The van der Waals surface area contributed by atoms with Crippen LogP contribution >= 0.6 is 11.6 Å². The molecule has 1 atom stereocenters. The van der Waals surface area contributed by atoms with E-state index in [9.17, 15) is 13.6 Å². The molecular formula is C15H21ClF2N5O2Rb-2. The van der Waals surface area contributed by atoms with Gasteiger partial charge in [0.2, 0.25) is 0 Å². The molecule has 0 radical (unpaired) electrons. The van der Waals surface area contributed by atoms with E-state index in [4.69, 9.17) is 22.1 Å². The Morgan fingerprint density at radius 2 is 2.08 bits per heavy atom. The summed E-state index contributed by atoms with van der Waals surface area (Å²) in [7, 11) is 1.30. The SMILES string of the molecule is COc1nc(N)c2c(=O)[nH]c(Cl)c(F)c2n1.[CH2-]CCNCC([CH2-])F.[CH3-].[Rb+]. The number of methoxy groups -OCH3 is 1. The normalized spacial score (nSPS) is 10.8. The van der Waals surface area contributed by atoms with Crippen molar-refractivity contribution in [2.24, 2.45) is 0 Å². The number of nitrogens with two attached hydrogens (primary N) is 1. The first-order chi connectivity index (χ1) is 11.3. The maximum Gasteiger partial charge on any atom is 1.00 e. The van der Waals surface area contributed by atoms with Crippen molar-refractivity contribution in [2.75, 3.05) is 25.9 Å². The number of anilines is 1. The molecular weight excluding hydrogens is 441 g/mol. The van der Waals surface area contributed by atoms with Crippen LogP contribution in [0.25, 0.3) is 10.9 Å². The number of fused-ring (bicyclic) bond motifs is 1. The van der Waals surface area contributed by atoms with E-state index in [1.54, 1.807) is 0 Å². The van der Waals surface area contributed by atoms with E-state index in [0.29, 0.717) is 6.54 Å². The number of alkyl halides is 1. The van der Waals surface area contributed by atoms with Crippen LogP contribution in [0.5, 0.6) is 6.01 Å². The van der Waals surface area contributed by atoms with Crippen LogP contribution in [-0.2, 0) is 0 Å². The van der Waals surface area contributed by atoms with Crippen LogP contribution in [0.1, 0.15) is 6.42 Å². The van der Waals surface area contributed by atoms with Crippen LogP contribution in [0.2, 0.25) is 5.15 Å². The number of halogens is 3. The number of aromatic nitrogens is 3. The van der Waals surface area contributed by atoms with Gasteiger partial charge in [-0.3, -0.25) is 9.18 Å². The first-order valence-corrected chi connectivity index (χ1v) is 7.25. The third-order valence-electron chi connectivity index (χ3n) is 2.67. The van der Waals surface area contributed by atoms with Gasteiger partial charge in [-0.05, 0) is 19.3 Å². The van der Waals surface area contributed by atoms with E-state index in [0.717, 1.165) is 13.0 Å². The number of nitrogen functional groups attached to an aromatic ring is 1. The molecule has 0 amide bonds. The van der Waals surface area contributed by atoms with E-state index in [1.165, 1.54) is 7.11 Å². The van der Waals surface area contributed by atoms with Crippen molar-refractivity contribution in [1.29, 1.82) is 0 Å². The Bertz CT molecular complexity index is 746. The molecule has 11 heteroatoms. The first-order valence-electron chi connectivity index (χ1n) is 6.87. The van der Waals surface area contributed by atoms with Gasteiger partial charge in [-0.15, -0.1) is 0 Å². The van der Waals surface area contributed by atoms with Gasteiger partial charge in [-0.2, -0.15) is 16.4 Å². The number of aromatic amines is 1. The summed E-state index contributed by atoms with van der Waals surface area (Å²) >= 11 is 5.47. The van der Waals surface area contributed by atoms with Crippen molar-refractivity contribution < 1.29 is 71.7 Å². The van der Waals surface area contributed by atoms with E-state index in [-0.39, 0.29) is 88.3 Å². The summed E-state index contributed by atoms with van der Waals surface area (Å²) in [6, 6.07) is -0.134. The van der Waals surface area contributed by atoms with Gasteiger partial charge in [-0.1, -0.05) is 11.6 Å². The molecule has 0 aromatic carbocycles. The number of pyridine rings is 1. The average Bonchev–Trinajstić information content (AvgIpc) is 2.52. The molecule has 0 fully saturated rings. The molecule has 1 unspecified atom stereocenters. The number of rotatable bonds is 5. The summed E-state index contributed by atoms with van der Waals surface area (Å²) in [5.41, 5.74) is 4.57. The van der Waals surface area contributed by atoms with Gasteiger partial charge >= 0.3 is 64.2 Å². The average molecular weight is 462 g/mol. The minimum absolute atomic E-state index is 0. The van der Waals surface area contributed by atoms with Crippen molar-refractivity contribution in [3.8, 4) is 6.01 Å². The molecule has 0 spiro atoms. The minimum Gasteiger partial charge on any atom is -0.467 e. The van der Waals surface area contributed by atoms with Gasteiger partial charge in [0.1, 0.15) is 21.9 Å². The molecule has 26 heavy (non-hydrogen) atoms. The van der Waals surface area contributed by atoms with Crippen LogP contribution in [0.15, 0.2) is 4.79 Å². The molecule has 0 aliphatic carbocycles. The number of hydrogen-bond donors (Lipinski definition) is 3. The third kappa shape index (κ3) is 8.22. The molecule has 0 saturated heterocycles. The van der Waals surface area contributed by atoms with Crippen molar-refractivity contribution in [1.82, 2.24) is 20.3 Å². The van der Waals surface area contributed by atoms with Crippen LogP contribution in [-0.4, -0.2) is 41.3 Å². The van der Waals surface area contributed by atoms with Gasteiger partial charge in [0.25, 0.3) is 5.56 Å². The fourth-order valence-corrected chi connectivity index (χ4v) is 1.81. The number of nitrogens with zero attached hydrogens (tertiary/aromatic N) is 2. The van der Waals surface area contributed by atoms with Crippen molar-refractivity contribution >= 4 is 28.3 Å². The summed E-state index contributed by atoms with van der Waals surface area (Å²) in [6.07, 6.45) is -0.186. The van der Waals surface area contributed by atoms with Gasteiger partial charge in [-0.25, -0.2) is 4.39 Å². The van der Waals surface area contributed by atoms with Crippen molar-refractivity contribution in [3.05, 3.63) is 42.6 Å². The summed E-state index contributed by atoms with van der Waals surface area (Å²) in [4.78, 5) is 20.9. The van der Waals surface area contributed by atoms with Crippen LogP contribution < -0.4 is 79.5 Å². The molecule has 2 rings (SSSR count). The Balaban J connectivity index is 0. The monoisotopic (exact) mass is 461 g/mol. The molecule has 4 N–H and O–H groups in total. The number of nitrogens with one attached hydrogen (secondary N) is 2. The first kappa shape index (κ1) is 28.0. The number of hydrogen-bond acceptors (Lipinski definition) is 6. The minimum atomic E-state index is -0.985. The van der Waals surface area contributed by atoms with E-state index >= 15 is 0 Å². The van der Waals surface area contributed by atoms with Crippen molar-refractivity contribution in [3.63, 3.8) is 0 Å². The van der Waals surface area contributed by atoms with Crippen LogP contribution in [0.4, 0.5) is 14.6 Å². The predicted molar refractivity (Wildman–Crippen MR) is 95.6 cm³/mol. The summed E-state index contributed by atoms with van der Waals surface area (Å²) in [5.74, 6) is -1.04. The Labute approximate surface area is 205 Å². The quantitative estimate of drug-likeness (QED) is 0.303. The number of H-pyrrole nitrogens is 1. The fourth-order valence-electron chi connectivity index (χ4n) is 1.64. The van der Waals surface area contributed by atoms with E-state index < -0.39 is 22.7 Å². The van der Waals surface area contributed by atoms with Crippen molar-refractivity contribution in [2.45, 2.75) is 12.6 Å². The predicted octanol–water partition coefficient (Wildman–Crippen LogP) is -0.872. The van der Waals surface area contributed by atoms with Crippen LogP contribution in [0.3, 0.4) is 0 Å². The maximum atomic E-state index is 13.6. The van der Waals surface area contributed by atoms with Gasteiger partial charge in [0.05, 0.1) is 7.11 Å². The summed E-state index contributed by atoms with van der Waals surface area (Å²) < 4.78 is 30.1. The fraction of sp³-hybridized carbons (Fsp3) is 0.333. The molecule has 2 heterocycles. The van der Waals surface area contributed by atoms with Gasteiger partial charge in [0.15, 0.2) is 5.82 Å². The second-order valence-corrected chi connectivity index (χ2v) is 4.93. The standard InChI is InChI=1S/C8H6ClFN4O2.C6H12FN.CH3.Rb/c1-16-8-12-4-2(6(11)14-8)7(15)13-5(9)3(4)10;1-3-4-8-5-6(2)7;;/h1H3,(H,13,15)(H2,11,12,14);6,8H,1-5H2;1H3;/q;-2;-1;+1. The van der Waals surface area contributed by atoms with Crippen LogP contribution in [0, 0.1) is 27.1 Å². The molecule has 0 aliphatic rings. The largest absolute Gasteiger partial charge is 1.00 e. The molecule has 0 bridgehead atoms.